The summed E-state index contributed by atoms with van der Waals surface area (Å²) in [5.41, 5.74) is 0. The van der Waals surface area contributed by atoms with Crippen molar-refractivity contribution in [1.82, 2.24) is 9.97 Å². The molecule has 0 aromatic carbocycles. The van der Waals surface area contributed by atoms with E-state index in [2.05, 4.69) is 15.3 Å². The van der Waals surface area contributed by atoms with Crippen molar-refractivity contribution in [2.75, 3.05) is 24.3 Å². The van der Waals surface area contributed by atoms with Crippen LogP contribution in [-0.4, -0.2) is 24.1 Å². The number of anilines is 2. The number of rotatable bonds is 4. The molecule has 0 saturated carbocycles. The first-order valence-corrected chi connectivity index (χ1v) is 5.57. The van der Waals surface area contributed by atoms with Crippen molar-refractivity contribution in [1.29, 1.82) is 0 Å². The molecule has 0 bridgehead atoms. The second-order valence-corrected chi connectivity index (χ2v) is 3.98. The molecule has 1 N–H and O–H groups in total. The molecule has 0 unspecified atom stereocenters. The molecule has 5 nitrogen and oxygen atoms in total. The summed E-state index contributed by atoms with van der Waals surface area (Å²) in [6.45, 7) is 2.32. The zero-order valence-corrected chi connectivity index (χ0v) is 10.6. The number of halogens is 1. The maximum atomic E-state index is 13.6. The molecule has 2 rings (SSSR count). The topological polar surface area (TPSA) is 54.2 Å². The molecule has 0 spiro atoms. The Labute approximate surface area is 105 Å². The Bertz CT molecular complexity index is 541. The van der Waals surface area contributed by atoms with Crippen LogP contribution in [0.5, 0.6) is 0 Å². The van der Waals surface area contributed by atoms with E-state index in [-0.39, 0.29) is 5.82 Å². The highest BCUT2D eigenvalue weighted by atomic mass is 19.1. The zero-order valence-electron chi connectivity index (χ0n) is 10.6. The van der Waals surface area contributed by atoms with Crippen molar-refractivity contribution in [2.24, 2.45) is 0 Å². The largest absolute Gasteiger partial charge is 0.464 e. The van der Waals surface area contributed by atoms with Crippen LogP contribution in [0, 0.1) is 12.7 Å². The van der Waals surface area contributed by atoms with Gasteiger partial charge in [-0.15, -0.1) is 0 Å². The number of hydrogen-bond acceptors (Lipinski definition) is 5. The molecule has 0 amide bonds. The highest BCUT2D eigenvalue weighted by Crippen LogP contribution is 2.18. The molecular weight excluding hydrogens is 235 g/mol. The van der Waals surface area contributed by atoms with E-state index in [4.69, 9.17) is 4.42 Å². The molecule has 6 heteroatoms. The van der Waals surface area contributed by atoms with Gasteiger partial charge < -0.3 is 14.6 Å². The van der Waals surface area contributed by atoms with Gasteiger partial charge in [0.05, 0.1) is 12.7 Å². The van der Waals surface area contributed by atoms with Gasteiger partial charge in [-0.1, -0.05) is 0 Å². The Morgan fingerprint density at radius 2 is 2.22 bits per heavy atom. The Kier molecular flexibility index (Phi) is 3.45. The van der Waals surface area contributed by atoms with E-state index in [1.807, 2.05) is 19.1 Å². The Hall–Kier alpha value is -2.11. The summed E-state index contributed by atoms with van der Waals surface area (Å²) >= 11 is 0. The van der Waals surface area contributed by atoms with Gasteiger partial charge in [-0.05, 0) is 19.1 Å². The fourth-order valence-corrected chi connectivity index (χ4v) is 1.63. The van der Waals surface area contributed by atoms with Gasteiger partial charge >= 0.3 is 0 Å². The third-order valence-corrected chi connectivity index (χ3v) is 2.50. The minimum Gasteiger partial charge on any atom is -0.464 e. The van der Waals surface area contributed by atoms with Crippen LogP contribution in [0.4, 0.5) is 16.2 Å². The van der Waals surface area contributed by atoms with Gasteiger partial charge in [0.25, 0.3) is 0 Å². The van der Waals surface area contributed by atoms with Gasteiger partial charge in [-0.25, -0.2) is 9.37 Å². The van der Waals surface area contributed by atoms with Crippen LogP contribution in [-0.2, 0) is 6.54 Å². The van der Waals surface area contributed by atoms with Crippen molar-refractivity contribution in [3.8, 4) is 0 Å². The summed E-state index contributed by atoms with van der Waals surface area (Å²) in [5, 5.41) is 2.78. The monoisotopic (exact) mass is 250 g/mol. The van der Waals surface area contributed by atoms with Crippen LogP contribution in [0.3, 0.4) is 0 Å². The number of hydrogen-bond donors (Lipinski definition) is 1. The van der Waals surface area contributed by atoms with E-state index in [1.165, 1.54) is 0 Å². The lowest BCUT2D eigenvalue weighted by atomic mass is 10.4. The molecule has 0 saturated heterocycles. The van der Waals surface area contributed by atoms with Crippen LogP contribution < -0.4 is 10.2 Å². The van der Waals surface area contributed by atoms with Gasteiger partial charge in [0, 0.05) is 14.1 Å². The molecule has 0 atom stereocenters. The molecule has 0 fully saturated rings. The van der Waals surface area contributed by atoms with Gasteiger partial charge in [0.15, 0.2) is 11.6 Å². The average Bonchev–Trinajstić information content (AvgIpc) is 2.75. The minimum atomic E-state index is -0.459. The number of nitrogens with zero attached hydrogens (tertiary/aromatic N) is 3. The first kappa shape index (κ1) is 12.3. The van der Waals surface area contributed by atoms with Crippen molar-refractivity contribution in [2.45, 2.75) is 13.5 Å². The molecule has 2 aromatic heterocycles. The van der Waals surface area contributed by atoms with Crippen LogP contribution >= 0.6 is 0 Å². The predicted molar refractivity (Wildman–Crippen MR) is 67.1 cm³/mol. The molecule has 0 aliphatic rings. The van der Waals surface area contributed by atoms with E-state index in [1.54, 1.807) is 19.0 Å². The maximum Gasteiger partial charge on any atom is 0.224 e. The van der Waals surface area contributed by atoms with Crippen molar-refractivity contribution < 1.29 is 8.81 Å². The SMILES string of the molecule is CNc1ncc(F)c(N(C)Cc2ccc(C)o2)n1. The van der Waals surface area contributed by atoms with Crippen LogP contribution in [0.15, 0.2) is 22.7 Å². The van der Waals surface area contributed by atoms with Crippen LogP contribution in [0.2, 0.25) is 0 Å². The van der Waals surface area contributed by atoms with E-state index < -0.39 is 5.82 Å². The van der Waals surface area contributed by atoms with E-state index in [0.29, 0.717) is 12.5 Å². The fourth-order valence-electron chi connectivity index (χ4n) is 1.63. The third kappa shape index (κ3) is 2.58. The lowest BCUT2D eigenvalue weighted by Gasteiger charge is -2.17. The molecule has 0 aliphatic heterocycles. The summed E-state index contributed by atoms with van der Waals surface area (Å²) in [4.78, 5) is 9.56. The first-order chi connectivity index (χ1) is 8.60. The number of furan rings is 1. The summed E-state index contributed by atoms with van der Waals surface area (Å²) in [6.07, 6.45) is 1.15. The normalized spacial score (nSPS) is 10.4. The van der Waals surface area contributed by atoms with Crippen molar-refractivity contribution in [3.63, 3.8) is 0 Å². The standard InChI is InChI=1S/C12H15FN4O/c1-8-4-5-9(18-8)7-17(3)11-10(13)6-15-12(14-2)16-11/h4-6H,7H2,1-3H3,(H,14,15,16). The minimum absolute atomic E-state index is 0.239. The molecule has 2 heterocycles. The van der Waals surface area contributed by atoms with Crippen LogP contribution in [0.1, 0.15) is 11.5 Å². The van der Waals surface area contributed by atoms with Crippen molar-refractivity contribution >= 4 is 11.8 Å². The number of nitrogens with one attached hydrogen (secondary N) is 1. The Balaban J connectivity index is 2.20. The van der Waals surface area contributed by atoms with E-state index in [0.717, 1.165) is 17.7 Å². The smallest absolute Gasteiger partial charge is 0.224 e. The molecule has 0 aliphatic carbocycles. The predicted octanol–water partition coefficient (Wildman–Crippen LogP) is 2.20. The lowest BCUT2D eigenvalue weighted by Crippen LogP contribution is -2.19. The molecule has 18 heavy (non-hydrogen) atoms. The third-order valence-electron chi connectivity index (χ3n) is 2.50. The Morgan fingerprint density at radius 1 is 1.44 bits per heavy atom. The van der Waals surface area contributed by atoms with Gasteiger partial charge in [-0.3, -0.25) is 0 Å². The van der Waals surface area contributed by atoms with E-state index >= 15 is 0 Å². The van der Waals surface area contributed by atoms with Gasteiger partial charge in [0.1, 0.15) is 11.5 Å². The highest BCUT2D eigenvalue weighted by Gasteiger charge is 2.13. The average molecular weight is 250 g/mol. The molecular formula is C12H15FN4O. The number of aromatic nitrogens is 2. The maximum absolute atomic E-state index is 13.6. The lowest BCUT2D eigenvalue weighted by molar-refractivity contribution is 0.479. The number of aryl methyl sites for hydroxylation is 1. The molecule has 96 valence electrons. The summed E-state index contributed by atoms with van der Waals surface area (Å²) in [5.74, 6) is 1.76. The molecule has 0 radical (unpaired) electrons. The van der Waals surface area contributed by atoms with Gasteiger partial charge in [-0.2, -0.15) is 4.98 Å². The highest BCUT2D eigenvalue weighted by molar-refractivity contribution is 5.43. The quantitative estimate of drug-likeness (QED) is 0.901. The fraction of sp³-hybridized carbons (Fsp3) is 0.333. The van der Waals surface area contributed by atoms with E-state index in [9.17, 15) is 4.39 Å². The second-order valence-electron chi connectivity index (χ2n) is 3.98. The first-order valence-electron chi connectivity index (χ1n) is 5.57. The Morgan fingerprint density at radius 3 is 2.83 bits per heavy atom. The molecule has 2 aromatic rings. The van der Waals surface area contributed by atoms with Crippen LogP contribution in [0.25, 0.3) is 0 Å². The second kappa shape index (κ2) is 5.03. The summed E-state index contributed by atoms with van der Waals surface area (Å²) < 4.78 is 19.1. The summed E-state index contributed by atoms with van der Waals surface area (Å²) in [6, 6.07) is 3.74. The van der Waals surface area contributed by atoms with Gasteiger partial charge in [0.2, 0.25) is 5.95 Å². The van der Waals surface area contributed by atoms with Crippen molar-refractivity contribution in [3.05, 3.63) is 35.7 Å². The zero-order chi connectivity index (χ0) is 13.1. The summed E-state index contributed by atoms with van der Waals surface area (Å²) in [7, 11) is 3.44.